The lowest BCUT2D eigenvalue weighted by Gasteiger charge is -2.16. The van der Waals surface area contributed by atoms with Gasteiger partial charge in [-0.1, -0.05) is 6.92 Å². The third-order valence-electron chi connectivity index (χ3n) is 6.75. The molecule has 4 aromatic rings. The highest BCUT2D eigenvalue weighted by Gasteiger charge is 2.60. The van der Waals surface area contributed by atoms with Gasteiger partial charge in [0.15, 0.2) is 5.79 Å². The molecule has 35 heavy (non-hydrogen) atoms. The van der Waals surface area contributed by atoms with Gasteiger partial charge in [0, 0.05) is 29.9 Å². The van der Waals surface area contributed by atoms with E-state index in [1.54, 1.807) is 27.8 Å². The maximum atomic E-state index is 13.7. The van der Waals surface area contributed by atoms with Gasteiger partial charge in [-0.2, -0.15) is 15.3 Å². The molecule has 5 heterocycles. The minimum Gasteiger partial charge on any atom is -0.348 e. The largest absolute Gasteiger partial charge is 0.348 e. The maximum absolute atomic E-state index is 13.7. The summed E-state index contributed by atoms with van der Waals surface area (Å²) < 4.78 is 44.2. The quantitative estimate of drug-likeness (QED) is 0.392. The van der Waals surface area contributed by atoms with Gasteiger partial charge in [-0.05, 0) is 26.3 Å². The fourth-order valence-corrected chi connectivity index (χ4v) is 4.89. The van der Waals surface area contributed by atoms with Crippen LogP contribution in [0.15, 0.2) is 43.2 Å². The Balaban J connectivity index is 1.30. The van der Waals surface area contributed by atoms with E-state index >= 15 is 0 Å². The van der Waals surface area contributed by atoms with Crippen molar-refractivity contribution in [2.75, 3.05) is 6.61 Å². The predicted molar refractivity (Wildman–Crippen MR) is 123 cm³/mol. The van der Waals surface area contributed by atoms with Crippen LogP contribution in [0.25, 0.3) is 28.0 Å². The molecule has 3 atom stereocenters. The number of hydrogen-bond donors (Lipinski definition) is 0. The van der Waals surface area contributed by atoms with Crippen LogP contribution in [0.2, 0.25) is 0 Å². The van der Waals surface area contributed by atoms with Gasteiger partial charge in [-0.25, -0.2) is 18.3 Å². The molecule has 1 saturated heterocycles. The SMILES string of the molecule is CC[C@H]([C@H]1CC1(F)F)n1cc(-c2nc(-c3cnn(C[C@@H]4COC(C)(C)O4)c3)cn3nccc23)cn1. The van der Waals surface area contributed by atoms with Crippen molar-refractivity contribution in [3.05, 3.63) is 43.2 Å². The topological polar surface area (TPSA) is 84.3 Å². The molecule has 1 aliphatic heterocycles. The summed E-state index contributed by atoms with van der Waals surface area (Å²) in [7, 11) is 0. The third kappa shape index (κ3) is 4.12. The van der Waals surface area contributed by atoms with Gasteiger partial charge in [0.1, 0.15) is 6.10 Å². The van der Waals surface area contributed by atoms with Gasteiger partial charge < -0.3 is 9.47 Å². The first kappa shape index (κ1) is 22.3. The zero-order valence-corrected chi connectivity index (χ0v) is 19.8. The van der Waals surface area contributed by atoms with E-state index in [9.17, 15) is 8.78 Å². The molecule has 6 rings (SSSR count). The summed E-state index contributed by atoms with van der Waals surface area (Å²) in [6, 6.07) is 1.53. The Bertz CT molecular complexity index is 1380. The van der Waals surface area contributed by atoms with Crippen LogP contribution in [0.5, 0.6) is 0 Å². The number of ether oxygens (including phenoxy) is 2. The van der Waals surface area contributed by atoms with E-state index in [0.29, 0.717) is 31.0 Å². The van der Waals surface area contributed by atoms with Crippen molar-refractivity contribution in [2.45, 2.75) is 64.0 Å². The number of aromatic nitrogens is 7. The summed E-state index contributed by atoms with van der Waals surface area (Å²) in [5, 5.41) is 13.3. The smallest absolute Gasteiger partial charge is 0.253 e. The van der Waals surface area contributed by atoms with Gasteiger partial charge >= 0.3 is 0 Å². The Kier molecular flexibility index (Phi) is 5.05. The van der Waals surface area contributed by atoms with Crippen LogP contribution in [0, 0.1) is 5.92 Å². The maximum Gasteiger partial charge on any atom is 0.253 e. The molecule has 0 radical (unpaired) electrons. The Morgan fingerprint density at radius 2 is 1.91 bits per heavy atom. The molecule has 0 aromatic carbocycles. The fourth-order valence-electron chi connectivity index (χ4n) is 4.89. The van der Waals surface area contributed by atoms with E-state index in [1.807, 2.05) is 50.1 Å². The van der Waals surface area contributed by atoms with Crippen molar-refractivity contribution in [3.8, 4) is 22.5 Å². The van der Waals surface area contributed by atoms with Crippen LogP contribution in [0.3, 0.4) is 0 Å². The molecule has 1 saturated carbocycles. The summed E-state index contributed by atoms with van der Waals surface area (Å²) in [5.74, 6) is -3.85. The van der Waals surface area contributed by atoms with Gasteiger partial charge in [0.2, 0.25) is 0 Å². The van der Waals surface area contributed by atoms with Crippen molar-refractivity contribution in [3.63, 3.8) is 0 Å². The van der Waals surface area contributed by atoms with E-state index < -0.39 is 17.6 Å². The minimum absolute atomic E-state index is 0.0777. The van der Waals surface area contributed by atoms with Crippen LogP contribution in [0.1, 0.15) is 39.7 Å². The Hall–Kier alpha value is -3.18. The predicted octanol–water partition coefficient (Wildman–Crippen LogP) is 4.21. The summed E-state index contributed by atoms with van der Waals surface area (Å²) in [4.78, 5) is 4.90. The second-order valence-electron chi connectivity index (χ2n) is 9.79. The lowest BCUT2D eigenvalue weighted by molar-refractivity contribution is -0.139. The van der Waals surface area contributed by atoms with Crippen molar-refractivity contribution < 1.29 is 18.3 Å². The fraction of sp³-hybridized carbons (Fsp3) is 0.500. The molecule has 9 nitrogen and oxygen atoms in total. The van der Waals surface area contributed by atoms with E-state index in [4.69, 9.17) is 14.5 Å². The van der Waals surface area contributed by atoms with Crippen LogP contribution >= 0.6 is 0 Å². The lowest BCUT2D eigenvalue weighted by Crippen LogP contribution is -2.24. The zero-order valence-electron chi connectivity index (χ0n) is 19.8. The Morgan fingerprint density at radius 1 is 1.11 bits per heavy atom. The average Bonchev–Trinajstić information content (AvgIpc) is 3.41. The minimum atomic E-state index is -2.60. The molecular weight excluding hydrogens is 456 g/mol. The molecule has 4 aromatic heterocycles. The van der Waals surface area contributed by atoms with Gasteiger partial charge in [0.25, 0.3) is 5.92 Å². The normalized spacial score (nSPS) is 23.7. The number of fused-ring (bicyclic) bond motifs is 1. The molecule has 1 aliphatic carbocycles. The van der Waals surface area contributed by atoms with Crippen LogP contribution in [0.4, 0.5) is 8.78 Å². The first-order valence-electron chi connectivity index (χ1n) is 11.8. The highest BCUT2D eigenvalue weighted by atomic mass is 19.3. The van der Waals surface area contributed by atoms with Crippen molar-refractivity contribution in [2.24, 2.45) is 5.92 Å². The molecular formula is C24H27F2N7O2. The first-order chi connectivity index (χ1) is 16.7. The van der Waals surface area contributed by atoms with Gasteiger partial charge in [-0.15, -0.1) is 0 Å². The Morgan fingerprint density at radius 3 is 2.63 bits per heavy atom. The molecule has 0 spiro atoms. The van der Waals surface area contributed by atoms with E-state index in [0.717, 1.165) is 16.6 Å². The van der Waals surface area contributed by atoms with Crippen molar-refractivity contribution in [1.82, 2.24) is 34.2 Å². The Labute approximate surface area is 200 Å². The monoisotopic (exact) mass is 483 g/mol. The lowest BCUT2D eigenvalue weighted by atomic mass is 10.1. The number of alkyl halides is 2. The van der Waals surface area contributed by atoms with E-state index in [1.165, 1.54) is 0 Å². The van der Waals surface area contributed by atoms with Crippen LogP contribution in [-0.4, -0.2) is 58.6 Å². The van der Waals surface area contributed by atoms with Crippen molar-refractivity contribution in [1.29, 1.82) is 0 Å². The van der Waals surface area contributed by atoms with Gasteiger partial charge in [-0.3, -0.25) is 9.36 Å². The molecule has 0 bridgehead atoms. The second kappa shape index (κ2) is 7.92. The summed E-state index contributed by atoms with van der Waals surface area (Å²) in [6.45, 7) is 6.78. The molecule has 2 aliphatic rings. The molecule has 0 N–H and O–H groups in total. The molecule has 0 unspecified atom stereocenters. The summed E-state index contributed by atoms with van der Waals surface area (Å²) in [6.07, 6.45) is 11.2. The standard InChI is InChI=1S/C24H27F2N7O2/c1-4-20(18-7-24(18,25)26)32-11-16(9-29-32)22-21-5-6-27-33(21)13-19(30-22)15-8-28-31(10-15)12-17-14-34-23(2,3)35-17/h5-6,8-11,13,17-18,20H,4,7,12,14H2,1-3H3/t17-,18-,20-/m1/s1. The molecule has 184 valence electrons. The second-order valence-corrected chi connectivity index (χ2v) is 9.79. The third-order valence-corrected chi connectivity index (χ3v) is 6.75. The van der Waals surface area contributed by atoms with Crippen molar-refractivity contribution >= 4 is 5.52 Å². The summed E-state index contributed by atoms with van der Waals surface area (Å²) >= 11 is 0. The number of rotatable bonds is 7. The van der Waals surface area contributed by atoms with E-state index in [-0.39, 0.29) is 18.6 Å². The van der Waals surface area contributed by atoms with E-state index in [2.05, 4.69) is 15.3 Å². The highest BCUT2D eigenvalue weighted by Crippen LogP contribution is 2.55. The average molecular weight is 484 g/mol. The molecule has 11 heteroatoms. The highest BCUT2D eigenvalue weighted by molar-refractivity contribution is 5.78. The summed E-state index contributed by atoms with van der Waals surface area (Å²) in [5.41, 5.74) is 3.78. The number of nitrogens with zero attached hydrogens (tertiary/aromatic N) is 7. The van der Waals surface area contributed by atoms with Crippen LogP contribution in [-0.2, 0) is 16.0 Å². The zero-order chi connectivity index (χ0) is 24.4. The number of halogens is 2. The molecule has 0 amide bonds. The molecule has 2 fully saturated rings. The van der Waals surface area contributed by atoms with Gasteiger partial charge in [0.05, 0.1) is 66.8 Å². The number of hydrogen-bond acceptors (Lipinski definition) is 6. The van der Waals surface area contributed by atoms with Crippen LogP contribution < -0.4 is 0 Å². The first-order valence-corrected chi connectivity index (χ1v) is 11.8.